The van der Waals surface area contributed by atoms with Crippen molar-refractivity contribution in [2.45, 2.75) is 22.1 Å². The van der Waals surface area contributed by atoms with Crippen LogP contribution in [0.25, 0.3) is 72.1 Å². The third-order valence-electron chi connectivity index (χ3n) is 11.8. The van der Waals surface area contributed by atoms with E-state index in [9.17, 15) is 0 Å². The highest BCUT2D eigenvalue weighted by atomic mass is 32.2. The summed E-state index contributed by atoms with van der Waals surface area (Å²) in [5.74, 6) is 4.43. The van der Waals surface area contributed by atoms with Crippen molar-refractivity contribution in [3.05, 3.63) is 216 Å². The summed E-state index contributed by atoms with van der Waals surface area (Å²) in [7, 11) is 0. The van der Waals surface area contributed by atoms with E-state index in [0.29, 0.717) is 23.0 Å². The fourth-order valence-corrected chi connectivity index (χ4v) is 10.6. The van der Waals surface area contributed by atoms with Crippen LogP contribution in [0.2, 0.25) is 0 Å². The summed E-state index contributed by atoms with van der Waals surface area (Å²) in [5, 5.41) is 4.98. The molecule has 8 aromatic carbocycles. The smallest absolute Gasteiger partial charge is 0.172 e. The zero-order chi connectivity index (χ0) is 39.5. The number of rotatable bonds is 5. The second-order valence-electron chi connectivity index (χ2n) is 15.0. The Bertz CT molecular complexity index is 3180. The van der Waals surface area contributed by atoms with Gasteiger partial charge in [-0.05, 0) is 85.1 Å². The van der Waals surface area contributed by atoms with E-state index in [1.807, 2.05) is 43.0 Å². The number of nitrogens with zero attached hydrogens (tertiary/aromatic N) is 3. The Hall–Kier alpha value is -7.32. The van der Waals surface area contributed by atoms with Crippen LogP contribution >= 0.6 is 11.8 Å². The second-order valence-corrected chi connectivity index (χ2v) is 16.0. The normalized spacial score (nSPS) is 13.6. The van der Waals surface area contributed by atoms with Crippen LogP contribution in [0, 0.1) is 12.3 Å². The summed E-state index contributed by atoms with van der Waals surface area (Å²) < 4.78 is 0. The molecule has 1 aliphatic heterocycles. The molecule has 59 heavy (non-hydrogen) atoms. The number of aromatic nitrogens is 3. The molecule has 276 valence electrons. The Labute approximate surface area is 347 Å². The summed E-state index contributed by atoms with van der Waals surface area (Å²) in [4.78, 5) is 17.9. The lowest BCUT2D eigenvalue weighted by molar-refractivity contribution is 0.729. The molecule has 0 saturated heterocycles. The monoisotopic (exact) mass is 769 g/mol. The van der Waals surface area contributed by atoms with Crippen molar-refractivity contribution in [3.8, 4) is 57.4 Å². The largest absolute Gasteiger partial charge is 0.208 e. The molecule has 11 rings (SSSR count). The molecule has 4 heteroatoms. The number of fused-ring (bicyclic) bond motifs is 13. The summed E-state index contributed by atoms with van der Waals surface area (Å²) in [5.41, 5.74) is 11.5. The van der Waals surface area contributed by atoms with E-state index in [1.54, 1.807) is 0 Å². The molecule has 1 aliphatic carbocycles. The minimum absolute atomic E-state index is 0.457. The van der Waals surface area contributed by atoms with Gasteiger partial charge in [-0.2, -0.15) is 0 Å². The SMILES string of the molecule is C#C/C(=C\C=C/C)c1nc(-c2ccc(-c3ccccc3)cc2)nc(-c2ccc3c(c2)C2(c4ccccc4-3)c3ccc4ccccc4c3Sc3c2ccc2ccccc32)n1. The van der Waals surface area contributed by atoms with Crippen LogP contribution < -0.4 is 0 Å². The van der Waals surface area contributed by atoms with Gasteiger partial charge in [0.05, 0.1) is 11.0 Å². The van der Waals surface area contributed by atoms with E-state index in [4.69, 9.17) is 21.4 Å². The first-order valence-electron chi connectivity index (χ1n) is 19.8. The first-order valence-corrected chi connectivity index (χ1v) is 20.7. The van der Waals surface area contributed by atoms with Gasteiger partial charge in [-0.3, -0.25) is 0 Å². The van der Waals surface area contributed by atoms with Crippen molar-refractivity contribution in [2.24, 2.45) is 0 Å². The van der Waals surface area contributed by atoms with E-state index in [-0.39, 0.29) is 0 Å². The maximum atomic E-state index is 6.14. The van der Waals surface area contributed by atoms with Crippen molar-refractivity contribution in [1.82, 2.24) is 15.0 Å². The van der Waals surface area contributed by atoms with E-state index in [0.717, 1.165) is 22.3 Å². The van der Waals surface area contributed by atoms with Crippen molar-refractivity contribution < 1.29 is 0 Å². The average Bonchev–Trinajstić information content (AvgIpc) is 3.59. The van der Waals surface area contributed by atoms with Crippen LogP contribution in [-0.2, 0) is 5.41 Å². The van der Waals surface area contributed by atoms with Crippen LogP contribution in [0.4, 0.5) is 0 Å². The number of terminal acetylenes is 1. The molecule has 1 spiro atoms. The lowest BCUT2D eigenvalue weighted by Gasteiger charge is -2.40. The maximum Gasteiger partial charge on any atom is 0.172 e. The first kappa shape index (κ1) is 34.9. The van der Waals surface area contributed by atoms with Gasteiger partial charge in [0.15, 0.2) is 17.5 Å². The van der Waals surface area contributed by atoms with Gasteiger partial charge in [-0.1, -0.05) is 194 Å². The van der Waals surface area contributed by atoms with Crippen molar-refractivity contribution in [1.29, 1.82) is 0 Å². The molecule has 2 heterocycles. The van der Waals surface area contributed by atoms with Gasteiger partial charge in [0.2, 0.25) is 0 Å². The molecule has 0 atom stereocenters. The van der Waals surface area contributed by atoms with Crippen LogP contribution in [0.1, 0.15) is 35.0 Å². The Balaban J connectivity index is 1.17. The van der Waals surface area contributed by atoms with Gasteiger partial charge in [0, 0.05) is 20.9 Å². The standard InChI is InChI=1S/C55H35N3S/c1-3-5-15-35(4-2)52-56-53(40-26-24-37(25-27-40)36-16-7-6-8-17-36)58-54(57-52)41-28-31-45-44-22-13-14-23-46(44)55(49(45)34-41)47-32-29-38-18-9-11-20-42(38)50(47)59-51-43-21-12-10-19-39(43)30-33-48(51)55/h2-3,5-34H,1H3/b5-3-,35-15+. The molecular weight excluding hydrogens is 735 g/mol. The Morgan fingerprint density at radius 1 is 0.525 bits per heavy atom. The molecule has 0 N–H and O–H groups in total. The van der Waals surface area contributed by atoms with Crippen LogP contribution in [0.15, 0.2) is 198 Å². The highest BCUT2D eigenvalue weighted by Gasteiger charge is 2.51. The van der Waals surface area contributed by atoms with Crippen molar-refractivity contribution in [2.75, 3.05) is 0 Å². The molecule has 0 saturated carbocycles. The van der Waals surface area contributed by atoms with E-state index >= 15 is 0 Å². The highest BCUT2D eigenvalue weighted by Crippen LogP contribution is 2.64. The quantitative estimate of drug-likeness (QED) is 0.129. The second kappa shape index (κ2) is 14.0. The first-order chi connectivity index (χ1) is 29.1. The number of allylic oxidation sites excluding steroid dienone is 4. The summed E-state index contributed by atoms with van der Waals surface area (Å²) in [6, 6.07) is 61.3. The van der Waals surface area contributed by atoms with E-state index in [1.165, 1.54) is 64.7 Å². The van der Waals surface area contributed by atoms with Gasteiger partial charge in [0.25, 0.3) is 0 Å². The number of hydrogen-bond donors (Lipinski definition) is 0. The molecular formula is C55H35N3S. The molecule has 9 aromatic rings. The third-order valence-corrected chi connectivity index (χ3v) is 13.1. The van der Waals surface area contributed by atoms with Crippen molar-refractivity contribution >= 4 is 38.9 Å². The fraction of sp³-hybridized carbons (Fsp3) is 0.0364. The zero-order valence-corrected chi connectivity index (χ0v) is 33.0. The number of hydrogen-bond acceptors (Lipinski definition) is 4. The lowest BCUT2D eigenvalue weighted by Crippen LogP contribution is -2.32. The average molecular weight is 770 g/mol. The predicted molar refractivity (Wildman–Crippen MR) is 244 cm³/mol. The lowest BCUT2D eigenvalue weighted by atomic mass is 9.66. The van der Waals surface area contributed by atoms with E-state index < -0.39 is 5.41 Å². The van der Waals surface area contributed by atoms with Crippen LogP contribution in [-0.4, -0.2) is 15.0 Å². The molecule has 1 aromatic heterocycles. The minimum Gasteiger partial charge on any atom is -0.208 e. The van der Waals surface area contributed by atoms with E-state index in [2.05, 4.69) is 170 Å². The highest BCUT2D eigenvalue weighted by molar-refractivity contribution is 8.00. The van der Waals surface area contributed by atoms with Gasteiger partial charge in [0.1, 0.15) is 0 Å². The summed E-state index contributed by atoms with van der Waals surface area (Å²) in [6.45, 7) is 1.97. The van der Waals surface area contributed by atoms with Gasteiger partial charge >= 0.3 is 0 Å². The van der Waals surface area contributed by atoms with Gasteiger partial charge in [-0.25, -0.2) is 15.0 Å². The molecule has 2 aliphatic rings. The molecule has 0 fully saturated rings. The van der Waals surface area contributed by atoms with Crippen molar-refractivity contribution in [3.63, 3.8) is 0 Å². The molecule has 0 radical (unpaired) electrons. The molecule has 0 bridgehead atoms. The maximum absolute atomic E-state index is 6.14. The molecule has 3 nitrogen and oxygen atoms in total. The van der Waals surface area contributed by atoms with Gasteiger partial charge in [-0.15, -0.1) is 6.42 Å². The van der Waals surface area contributed by atoms with Crippen LogP contribution in [0.5, 0.6) is 0 Å². The third kappa shape index (κ3) is 5.43. The Morgan fingerprint density at radius 3 is 1.76 bits per heavy atom. The Morgan fingerprint density at radius 2 is 1.08 bits per heavy atom. The Kier molecular flexibility index (Phi) is 8.25. The summed E-state index contributed by atoms with van der Waals surface area (Å²) in [6.07, 6.45) is 11.9. The zero-order valence-electron chi connectivity index (χ0n) is 32.2. The van der Waals surface area contributed by atoms with Crippen LogP contribution in [0.3, 0.4) is 0 Å². The molecule has 0 amide bonds. The minimum atomic E-state index is -0.603. The molecule has 0 unspecified atom stereocenters. The predicted octanol–water partition coefficient (Wildman–Crippen LogP) is 13.6. The fourth-order valence-electron chi connectivity index (χ4n) is 9.12. The number of benzene rings is 8. The summed E-state index contributed by atoms with van der Waals surface area (Å²) >= 11 is 1.90. The topological polar surface area (TPSA) is 38.7 Å². The van der Waals surface area contributed by atoms with Gasteiger partial charge < -0.3 is 0 Å².